The van der Waals surface area contributed by atoms with E-state index in [0.717, 1.165) is 25.7 Å². The molecule has 1 N–H and O–H groups in total. The van der Waals surface area contributed by atoms with Gasteiger partial charge in [-0.2, -0.15) is 11.3 Å². The van der Waals surface area contributed by atoms with E-state index in [9.17, 15) is 4.79 Å². The first-order valence-electron chi connectivity index (χ1n) is 8.29. The van der Waals surface area contributed by atoms with E-state index in [1.54, 1.807) is 11.3 Å². The predicted molar refractivity (Wildman–Crippen MR) is 89.3 cm³/mol. The normalized spacial score (nSPS) is 23.8. The smallest absolute Gasteiger partial charge is 0.241 e. The minimum atomic E-state index is -0.000994. The first-order valence-corrected chi connectivity index (χ1v) is 9.23. The SMILES string of the molecule is CCCCC1NC(c2ccsc2)N(C(C)CCCC)C1=O. The molecule has 1 aromatic rings. The number of hydrogen-bond acceptors (Lipinski definition) is 3. The summed E-state index contributed by atoms with van der Waals surface area (Å²) in [4.78, 5) is 14.9. The second-order valence-electron chi connectivity index (χ2n) is 6.06. The van der Waals surface area contributed by atoms with Gasteiger partial charge in [0.25, 0.3) is 0 Å². The lowest BCUT2D eigenvalue weighted by Crippen LogP contribution is -2.38. The molecule has 4 heteroatoms. The molecule has 1 aliphatic rings. The molecule has 0 aliphatic carbocycles. The Hall–Kier alpha value is -0.870. The largest absolute Gasteiger partial charge is 0.319 e. The van der Waals surface area contributed by atoms with Crippen molar-refractivity contribution in [1.29, 1.82) is 0 Å². The summed E-state index contributed by atoms with van der Waals surface area (Å²) in [6.45, 7) is 6.57. The third-order valence-corrected chi connectivity index (χ3v) is 5.05. The molecule has 1 aliphatic heterocycles. The summed E-state index contributed by atoms with van der Waals surface area (Å²) >= 11 is 1.70. The van der Waals surface area contributed by atoms with Crippen LogP contribution in [-0.4, -0.2) is 22.9 Å². The molecule has 1 aromatic heterocycles. The number of hydrogen-bond donors (Lipinski definition) is 1. The van der Waals surface area contributed by atoms with Crippen LogP contribution in [0.25, 0.3) is 0 Å². The third-order valence-electron chi connectivity index (χ3n) is 4.35. The number of nitrogens with zero attached hydrogens (tertiary/aromatic N) is 1. The summed E-state index contributed by atoms with van der Waals surface area (Å²) in [5.74, 6) is 0.295. The fourth-order valence-corrected chi connectivity index (χ4v) is 3.74. The monoisotopic (exact) mass is 308 g/mol. The molecule has 0 saturated carbocycles. The van der Waals surface area contributed by atoms with Crippen LogP contribution in [0.5, 0.6) is 0 Å². The summed E-state index contributed by atoms with van der Waals surface area (Å²) in [5, 5.41) is 7.82. The predicted octanol–water partition coefficient (Wildman–Crippen LogP) is 4.32. The average Bonchev–Trinajstić information content (AvgIpc) is 3.10. The standard InChI is InChI=1S/C17H28N2OS/c1-4-6-8-13(3)19-16(14-10-11-21-12-14)18-15(17(19)20)9-7-5-2/h10-13,15-16,18H,4-9H2,1-3H3. The molecule has 0 radical (unpaired) electrons. The van der Waals surface area contributed by atoms with E-state index in [-0.39, 0.29) is 12.2 Å². The Morgan fingerprint density at radius 3 is 2.71 bits per heavy atom. The Morgan fingerprint density at radius 2 is 2.10 bits per heavy atom. The van der Waals surface area contributed by atoms with Crippen molar-refractivity contribution < 1.29 is 4.79 Å². The van der Waals surface area contributed by atoms with Gasteiger partial charge in [0.05, 0.1) is 6.04 Å². The Balaban J connectivity index is 2.13. The number of carbonyl (C=O) groups is 1. The highest BCUT2D eigenvalue weighted by atomic mass is 32.1. The second kappa shape index (κ2) is 7.95. The van der Waals surface area contributed by atoms with Gasteiger partial charge in [-0.3, -0.25) is 10.1 Å². The van der Waals surface area contributed by atoms with Crippen molar-refractivity contribution in [1.82, 2.24) is 10.2 Å². The van der Waals surface area contributed by atoms with Gasteiger partial charge in [-0.25, -0.2) is 0 Å². The van der Waals surface area contributed by atoms with Gasteiger partial charge in [-0.15, -0.1) is 0 Å². The van der Waals surface area contributed by atoms with Gasteiger partial charge in [-0.05, 0) is 42.2 Å². The van der Waals surface area contributed by atoms with E-state index in [4.69, 9.17) is 0 Å². The van der Waals surface area contributed by atoms with Crippen molar-refractivity contribution >= 4 is 17.2 Å². The highest BCUT2D eigenvalue weighted by Gasteiger charge is 2.41. The zero-order chi connectivity index (χ0) is 15.2. The number of thiophene rings is 1. The summed E-state index contributed by atoms with van der Waals surface area (Å²) in [6.07, 6.45) is 6.72. The van der Waals surface area contributed by atoms with E-state index in [1.807, 2.05) is 0 Å². The van der Waals surface area contributed by atoms with Gasteiger partial charge in [0.15, 0.2) is 0 Å². The molecule has 0 spiro atoms. The van der Waals surface area contributed by atoms with E-state index in [1.165, 1.54) is 18.4 Å². The number of amides is 1. The molecule has 21 heavy (non-hydrogen) atoms. The van der Waals surface area contributed by atoms with Gasteiger partial charge in [0.2, 0.25) is 5.91 Å². The lowest BCUT2D eigenvalue weighted by atomic mass is 10.1. The molecule has 2 rings (SSSR count). The van der Waals surface area contributed by atoms with E-state index in [2.05, 4.69) is 47.8 Å². The van der Waals surface area contributed by atoms with Gasteiger partial charge in [0, 0.05) is 6.04 Å². The summed E-state index contributed by atoms with van der Waals surface area (Å²) in [6, 6.07) is 2.44. The number of nitrogens with one attached hydrogen (secondary N) is 1. The van der Waals surface area contributed by atoms with Crippen LogP contribution in [0.4, 0.5) is 0 Å². The van der Waals surface area contributed by atoms with Gasteiger partial charge < -0.3 is 4.90 Å². The van der Waals surface area contributed by atoms with Crippen LogP contribution in [0.3, 0.4) is 0 Å². The Kier molecular flexibility index (Phi) is 6.24. The fourth-order valence-electron chi connectivity index (χ4n) is 3.06. The molecule has 2 heterocycles. The topological polar surface area (TPSA) is 32.3 Å². The van der Waals surface area contributed by atoms with Crippen LogP contribution in [-0.2, 0) is 4.79 Å². The molecule has 0 bridgehead atoms. The van der Waals surface area contributed by atoms with Crippen LogP contribution in [0, 0.1) is 0 Å². The van der Waals surface area contributed by atoms with Crippen molar-refractivity contribution in [2.24, 2.45) is 0 Å². The molecule has 118 valence electrons. The summed E-state index contributed by atoms with van der Waals surface area (Å²) in [7, 11) is 0. The quantitative estimate of drug-likeness (QED) is 0.776. The lowest BCUT2D eigenvalue weighted by Gasteiger charge is -2.30. The second-order valence-corrected chi connectivity index (χ2v) is 6.84. The van der Waals surface area contributed by atoms with Gasteiger partial charge in [-0.1, -0.05) is 39.5 Å². The average molecular weight is 308 g/mol. The fraction of sp³-hybridized carbons (Fsp3) is 0.706. The number of rotatable bonds is 8. The third kappa shape index (κ3) is 3.86. The van der Waals surface area contributed by atoms with E-state index in [0.29, 0.717) is 11.9 Å². The lowest BCUT2D eigenvalue weighted by molar-refractivity contribution is -0.132. The first-order chi connectivity index (χ1) is 10.2. The van der Waals surface area contributed by atoms with Crippen molar-refractivity contribution in [3.63, 3.8) is 0 Å². The molecule has 1 fully saturated rings. The maximum Gasteiger partial charge on any atom is 0.241 e. The Morgan fingerprint density at radius 1 is 1.33 bits per heavy atom. The summed E-state index contributed by atoms with van der Waals surface area (Å²) < 4.78 is 0. The van der Waals surface area contributed by atoms with Crippen molar-refractivity contribution in [2.75, 3.05) is 0 Å². The molecule has 3 unspecified atom stereocenters. The molecule has 0 aromatic carbocycles. The molecule has 3 nitrogen and oxygen atoms in total. The van der Waals surface area contributed by atoms with Crippen LogP contribution >= 0.6 is 11.3 Å². The van der Waals surface area contributed by atoms with Crippen LogP contribution in [0.15, 0.2) is 16.8 Å². The van der Waals surface area contributed by atoms with Crippen molar-refractivity contribution in [3.05, 3.63) is 22.4 Å². The highest BCUT2D eigenvalue weighted by molar-refractivity contribution is 7.07. The van der Waals surface area contributed by atoms with Crippen LogP contribution < -0.4 is 5.32 Å². The van der Waals surface area contributed by atoms with Crippen molar-refractivity contribution in [3.8, 4) is 0 Å². The summed E-state index contributed by atoms with van der Waals surface area (Å²) in [5.41, 5.74) is 1.23. The molecule has 1 saturated heterocycles. The minimum Gasteiger partial charge on any atom is -0.319 e. The zero-order valence-electron chi connectivity index (χ0n) is 13.5. The zero-order valence-corrected chi connectivity index (χ0v) is 14.3. The number of unbranched alkanes of at least 4 members (excludes halogenated alkanes) is 2. The maximum atomic E-state index is 12.8. The van der Waals surface area contributed by atoms with E-state index >= 15 is 0 Å². The maximum absolute atomic E-state index is 12.8. The highest BCUT2D eigenvalue weighted by Crippen LogP contribution is 2.31. The van der Waals surface area contributed by atoms with Crippen molar-refractivity contribution in [2.45, 2.75) is 77.5 Å². The van der Waals surface area contributed by atoms with Gasteiger partial charge in [0.1, 0.15) is 6.17 Å². The minimum absolute atomic E-state index is 0.000994. The van der Waals surface area contributed by atoms with Crippen LogP contribution in [0.1, 0.15) is 71.0 Å². The Labute approximate surface area is 132 Å². The molecule has 3 atom stereocenters. The molecule has 1 amide bonds. The molecular formula is C17H28N2OS. The number of carbonyl (C=O) groups excluding carboxylic acids is 1. The van der Waals surface area contributed by atoms with E-state index < -0.39 is 0 Å². The van der Waals surface area contributed by atoms with Crippen LogP contribution in [0.2, 0.25) is 0 Å². The Bertz CT molecular complexity index is 432. The van der Waals surface area contributed by atoms with Gasteiger partial charge >= 0.3 is 0 Å². The molecular weight excluding hydrogens is 280 g/mol. The first kappa shape index (κ1) is 16.5.